The number of nitrogens with zero attached hydrogens (tertiary/aromatic N) is 4. The van der Waals surface area contributed by atoms with Crippen LogP contribution < -0.4 is 10.3 Å². The lowest BCUT2D eigenvalue weighted by molar-refractivity contribution is -0.384. The van der Waals surface area contributed by atoms with Gasteiger partial charge in [0.05, 0.1) is 32.1 Å². The number of ether oxygens (including phenoxy) is 1. The maximum atomic E-state index is 13.5. The van der Waals surface area contributed by atoms with Crippen LogP contribution in [0.25, 0.3) is 33.5 Å². The number of nitro benzene ring substituents is 1. The summed E-state index contributed by atoms with van der Waals surface area (Å²) >= 11 is 12.9. The van der Waals surface area contributed by atoms with E-state index in [1.807, 2.05) is 30.3 Å². The van der Waals surface area contributed by atoms with E-state index in [-0.39, 0.29) is 39.5 Å². The second-order valence-electron chi connectivity index (χ2n) is 8.99. The molecule has 0 atom stereocenters. The summed E-state index contributed by atoms with van der Waals surface area (Å²) < 4.78 is 13.0. The molecule has 0 aliphatic heterocycles. The van der Waals surface area contributed by atoms with Gasteiger partial charge in [0, 0.05) is 17.5 Å². The molecule has 0 spiro atoms. The van der Waals surface area contributed by atoms with Gasteiger partial charge in [-0.05, 0) is 59.7 Å². The van der Waals surface area contributed by atoms with Gasteiger partial charge < -0.3 is 9.15 Å². The highest BCUT2D eigenvalue weighted by atomic mass is 35.5. The third kappa shape index (κ3) is 5.28. The number of nitro groups is 1. The average Bonchev–Trinajstić information content (AvgIpc) is 3.41. The van der Waals surface area contributed by atoms with Gasteiger partial charge in [-0.1, -0.05) is 53.5 Å². The molecule has 0 aliphatic carbocycles. The van der Waals surface area contributed by atoms with Gasteiger partial charge in [0.1, 0.15) is 12.2 Å². The Bertz CT molecular complexity index is 1980. The third-order valence-corrected chi connectivity index (χ3v) is 6.83. The maximum absolute atomic E-state index is 13.5. The minimum atomic E-state index is -0.472. The van der Waals surface area contributed by atoms with Crippen LogP contribution in [0, 0.1) is 10.1 Å². The van der Waals surface area contributed by atoms with E-state index in [9.17, 15) is 14.9 Å². The van der Waals surface area contributed by atoms with Crippen molar-refractivity contribution in [2.75, 3.05) is 0 Å². The standard InChI is InChI=1S/C30H18Cl2N4O5/c31-23-13-19(14-24(32)28(23)40-17-18-9-11-21(12-10-18)36(38)39)16-33-35-29(27-15-20-5-1-4-8-26(20)41-27)34-25-7-3-2-6-22(25)30(35)37/h1-16H,17H2. The van der Waals surface area contributed by atoms with E-state index in [0.717, 1.165) is 5.39 Å². The first kappa shape index (κ1) is 26.2. The number of aromatic nitrogens is 2. The fraction of sp³-hybridized carbons (Fsp3) is 0.0333. The van der Waals surface area contributed by atoms with Gasteiger partial charge >= 0.3 is 0 Å². The molecule has 9 nitrogen and oxygen atoms in total. The van der Waals surface area contributed by atoms with Crippen LogP contribution in [-0.4, -0.2) is 20.8 Å². The molecule has 0 saturated carbocycles. The van der Waals surface area contributed by atoms with Crippen LogP contribution in [0.5, 0.6) is 5.75 Å². The van der Waals surface area contributed by atoms with Crippen molar-refractivity contribution in [3.05, 3.63) is 133 Å². The molecule has 4 aromatic carbocycles. The van der Waals surface area contributed by atoms with Crippen molar-refractivity contribution in [1.82, 2.24) is 9.66 Å². The summed E-state index contributed by atoms with van der Waals surface area (Å²) in [6.45, 7) is 0.101. The predicted octanol–water partition coefficient (Wildman–Crippen LogP) is 7.49. The van der Waals surface area contributed by atoms with Gasteiger partial charge in [-0.2, -0.15) is 9.78 Å². The summed E-state index contributed by atoms with van der Waals surface area (Å²) in [4.78, 5) is 28.6. The Morgan fingerprint density at radius 2 is 1.68 bits per heavy atom. The van der Waals surface area contributed by atoms with Crippen LogP contribution in [-0.2, 0) is 6.61 Å². The summed E-state index contributed by atoms with van der Waals surface area (Å²) in [5.41, 5.74) is 2.00. The molecule has 6 rings (SSSR count). The van der Waals surface area contributed by atoms with Crippen LogP contribution in [0.2, 0.25) is 10.0 Å². The van der Waals surface area contributed by atoms with Crippen LogP contribution in [0.3, 0.4) is 0 Å². The van der Waals surface area contributed by atoms with Crippen molar-refractivity contribution in [2.24, 2.45) is 5.10 Å². The number of rotatable bonds is 7. The number of non-ortho nitro benzene ring substituents is 1. The van der Waals surface area contributed by atoms with Crippen LogP contribution in [0.15, 0.2) is 105 Å². The van der Waals surface area contributed by atoms with Crippen molar-refractivity contribution in [3.63, 3.8) is 0 Å². The number of hydrogen-bond donors (Lipinski definition) is 0. The molecule has 11 heteroatoms. The highest BCUT2D eigenvalue weighted by molar-refractivity contribution is 6.37. The number of furan rings is 1. The lowest BCUT2D eigenvalue weighted by Gasteiger charge is -2.11. The van der Waals surface area contributed by atoms with E-state index in [1.54, 1.807) is 48.5 Å². The second-order valence-corrected chi connectivity index (χ2v) is 9.80. The molecule has 0 aliphatic rings. The molecule has 0 fully saturated rings. The van der Waals surface area contributed by atoms with Gasteiger partial charge in [0.2, 0.25) is 5.82 Å². The Morgan fingerprint density at radius 3 is 2.41 bits per heavy atom. The van der Waals surface area contributed by atoms with Gasteiger partial charge in [0.25, 0.3) is 11.2 Å². The highest BCUT2D eigenvalue weighted by Gasteiger charge is 2.17. The first-order valence-electron chi connectivity index (χ1n) is 12.3. The maximum Gasteiger partial charge on any atom is 0.282 e. The molecule has 202 valence electrons. The summed E-state index contributed by atoms with van der Waals surface area (Å²) in [6.07, 6.45) is 1.45. The molecule has 0 radical (unpaired) electrons. The number of fused-ring (bicyclic) bond motifs is 2. The van der Waals surface area contributed by atoms with E-state index in [4.69, 9.17) is 32.4 Å². The Kier molecular flexibility index (Phi) is 6.96. The van der Waals surface area contributed by atoms with E-state index in [0.29, 0.717) is 33.4 Å². The fourth-order valence-electron chi connectivity index (χ4n) is 4.27. The van der Waals surface area contributed by atoms with Gasteiger partial charge in [-0.3, -0.25) is 14.9 Å². The van der Waals surface area contributed by atoms with Crippen molar-refractivity contribution < 1.29 is 14.1 Å². The molecular formula is C30H18Cl2N4O5. The van der Waals surface area contributed by atoms with Crippen LogP contribution >= 0.6 is 23.2 Å². The van der Waals surface area contributed by atoms with Crippen LogP contribution in [0.4, 0.5) is 5.69 Å². The normalized spacial score (nSPS) is 11.5. The second kappa shape index (κ2) is 10.9. The fourth-order valence-corrected chi connectivity index (χ4v) is 4.88. The molecule has 0 amide bonds. The van der Waals surface area contributed by atoms with E-state index < -0.39 is 4.92 Å². The lowest BCUT2D eigenvalue weighted by Crippen LogP contribution is -2.20. The minimum absolute atomic E-state index is 0.0161. The average molecular weight is 585 g/mol. The minimum Gasteiger partial charge on any atom is -0.486 e. The topological polar surface area (TPSA) is 113 Å². The summed E-state index contributed by atoms with van der Waals surface area (Å²) in [5, 5.41) is 17.0. The first-order chi connectivity index (χ1) is 19.9. The van der Waals surface area contributed by atoms with Crippen molar-refractivity contribution in [3.8, 4) is 17.3 Å². The smallest absolute Gasteiger partial charge is 0.282 e. The predicted molar refractivity (Wildman–Crippen MR) is 158 cm³/mol. The van der Waals surface area contributed by atoms with Gasteiger partial charge in [-0.15, -0.1) is 0 Å². The molecule has 6 aromatic rings. The molecule has 0 unspecified atom stereocenters. The highest BCUT2D eigenvalue weighted by Crippen LogP contribution is 2.35. The van der Waals surface area contributed by atoms with Crippen molar-refractivity contribution in [1.29, 1.82) is 0 Å². The number of para-hydroxylation sites is 2. The largest absolute Gasteiger partial charge is 0.486 e. The monoisotopic (exact) mass is 584 g/mol. The van der Waals surface area contributed by atoms with E-state index >= 15 is 0 Å². The first-order valence-corrected chi connectivity index (χ1v) is 13.0. The number of hydrogen-bond acceptors (Lipinski definition) is 7. The van der Waals surface area contributed by atoms with Gasteiger partial charge in [-0.25, -0.2) is 4.98 Å². The molecule has 2 aromatic heterocycles. The summed E-state index contributed by atoms with van der Waals surface area (Å²) in [7, 11) is 0. The Labute approximate surface area is 242 Å². The van der Waals surface area contributed by atoms with Crippen molar-refractivity contribution >= 4 is 57.0 Å². The summed E-state index contributed by atoms with van der Waals surface area (Å²) in [6, 6.07) is 25.5. The van der Waals surface area contributed by atoms with Crippen LogP contribution in [0.1, 0.15) is 11.1 Å². The SMILES string of the molecule is O=c1c2ccccc2nc(-c2cc3ccccc3o2)n1N=Cc1cc(Cl)c(OCc2ccc([N+](=O)[O-])cc2)c(Cl)c1. The summed E-state index contributed by atoms with van der Waals surface area (Å²) in [5.74, 6) is 0.870. The van der Waals surface area contributed by atoms with Gasteiger partial charge in [0.15, 0.2) is 11.5 Å². The lowest BCUT2D eigenvalue weighted by atomic mass is 10.2. The number of benzene rings is 4. The van der Waals surface area contributed by atoms with E-state index in [2.05, 4.69) is 10.1 Å². The molecule has 2 heterocycles. The quantitative estimate of drug-likeness (QED) is 0.109. The third-order valence-electron chi connectivity index (χ3n) is 6.27. The number of halogens is 2. The zero-order valence-electron chi connectivity index (χ0n) is 21.0. The molecule has 0 saturated heterocycles. The molecular weight excluding hydrogens is 567 g/mol. The molecule has 0 N–H and O–H groups in total. The van der Waals surface area contributed by atoms with Crippen molar-refractivity contribution in [2.45, 2.75) is 6.61 Å². The Hall–Kier alpha value is -4.99. The Morgan fingerprint density at radius 1 is 0.976 bits per heavy atom. The molecule has 41 heavy (non-hydrogen) atoms. The van der Waals surface area contributed by atoms with E-state index in [1.165, 1.54) is 23.0 Å². The Balaban J connectivity index is 1.33. The zero-order chi connectivity index (χ0) is 28.5. The zero-order valence-corrected chi connectivity index (χ0v) is 22.5. The molecule has 0 bridgehead atoms.